The SMILES string of the molecule is Cc1cccc(Nc2ccc(NC(=O)c3ccc(NCCCN4CCCCC4)cc3)c3c2CNC3=O)c1C. The van der Waals surface area contributed by atoms with Gasteiger partial charge in [-0.1, -0.05) is 18.6 Å². The summed E-state index contributed by atoms with van der Waals surface area (Å²) in [6, 6.07) is 17.3. The third-order valence-electron chi connectivity index (χ3n) is 7.66. The molecular weight excluding hydrogens is 474 g/mol. The van der Waals surface area contributed by atoms with E-state index in [0.29, 0.717) is 23.4 Å². The molecule has 1 fully saturated rings. The molecule has 2 amide bonds. The first-order valence-corrected chi connectivity index (χ1v) is 13.6. The topological polar surface area (TPSA) is 85.5 Å². The smallest absolute Gasteiger partial charge is 0.255 e. The molecule has 0 aliphatic carbocycles. The fourth-order valence-corrected chi connectivity index (χ4v) is 5.25. The lowest BCUT2D eigenvalue weighted by molar-refractivity contribution is 0.0966. The van der Waals surface area contributed by atoms with Gasteiger partial charge in [0.05, 0.1) is 11.3 Å². The normalized spacial score (nSPS) is 15.1. The van der Waals surface area contributed by atoms with Gasteiger partial charge in [0, 0.05) is 41.3 Å². The number of anilines is 4. The first-order valence-electron chi connectivity index (χ1n) is 13.6. The fraction of sp³-hybridized carbons (Fsp3) is 0.355. The van der Waals surface area contributed by atoms with Gasteiger partial charge in [0.1, 0.15) is 0 Å². The van der Waals surface area contributed by atoms with Gasteiger partial charge in [0.15, 0.2) is 0 Å². The molecule has 7 nitrogen and oxygen atoms in total. The van der Waals surface area contributed by atoms with Gasteiger partial charge in [-0.25, -0.2) is 0 Å². The Morgan fingerprint density at radius 1 is 0.921 bits per heavy atom. The number of nitrogens with one attached hydrogen (secondary N) is 4. The Kier molecular flexibility index (Phi) is 7.94. The first kappa shape index (κ1) is 25.8. The maximum Gasteiger partial charge on any atom is 0.255 e. The second kappa shape index (κ2) is 11.7. The summed E-state index contributed by atoms with van der Waals surface area (Å²) in [7, 11) is 0. The Balaban J connectivity index is 1.21. The summed E-state index contributed by atoms with van der Waals surface area (Å²) in [5, 5.41) is 12.8. The molecule has 1 saturated heterocycles. The van der Waals surface area contributed by atoms with Crippen LogP contribution in [0.15, 0.2) is 54.6 Å². The van der Waals surface area contributed by atoms with E-state index in [1.807, 2.05) is 42.5 Å². The molecule has 0 atom stereocenters. The fourth-order valence-electron chi connectivity index (χ4n) is 5.25. The molecule has 2 aliphatic heterocycles. The number of hydrogen-bond acceptors (Lipinski definition) is 5. The number of amides is 2. The molecule has 0 saturated carbocycles. The van der Waals surface area contributed by atoms with E-state index >= 15 is 0 Å². The van der Waals surface area contributed by atoms with E-state index in [0.717, 1.165) is 47.7 Å². The van der Waals surface area contributed by atoms with Crippen molar-refractivity contribution < 1.29 is 9.59 Å². The lowest BCUT2D eigenvalue weighted by atomic mass is 10.0. The Bertz CT molecular complexity index is 1310. The van der Waals surface area contributed by atoms with E-state index in [1.165, 1.54) is 37.9 Å². The standard InChI is InChI=1S/C31H37N5O2/c1-21-8-6-9-26(22(21)2)34-27-14-15-28(29-25(27)20-33-31(29)38)35-30(37)23-10-12-24(13-11-23)32-16-7-19-36-17-4-3-5-18-36/h6,8-15,32,34H,3-5,7,16-20H2,1-2H3,(H,33,38)(H,35,37). The lowest BCUT2D eigenvalue weighted by Gasteiger charge is -2.26. The molecule has 0 radical (unpaired) electrons. The highest BCUT2D eigenvalue weighted by Crippen LogP contribution is 2.34. The molecule has 0 unspecified atom stereocenters. The van der Waals surface area contributed by atoms with Crippen LogP contribution in [0.1, 0.15) is 63.1 Å². The van der Waals surface area contributed by atoms with Crippen LogP contribution >= 0.6 is 0 Å². The number of piperidine rings is 1. The molecule has 3 aromatic carbocycles. The molecule has 2 heterocycles. The van der Waals surface area contributed by atoms with Gasteiger partial charge >= 0.3 is 0 Å². The zero-order valence-corrected chi connectivity index (χ0v) is 22.3. The molecule has 0 aromatic heterocycles. The highest BCUT2D eigenvalue weighted by molar-refractivity contribution is 6.11. The van der Waals surface area contributed by atoms with E-state index in [9.17, 15) is 9.59 Å². The molecule has 0 spiro atoms. The summed E-state index contributed by atoms with van der Waals surface area (Å²) in [4.78, 5) is 28.3. The lowest BCUT2D eigenvalue weighted by Crippen LogP contribution is -2.31. The zero-order chi connectivity index (χ0) is 26.5. The van der Waals surface area contributed by atoms with Crippen molar-refractivity contribution in [2.45, 2.75) is 46.1 Å². The molecule has 198 valence electrons. The number of likely N-dealkylation sites (tertiary alicyclic amines) is 1. The minimum absolute atomic E-state index is 0.177. The van der Waals surface area contributed by atoms with Gasteiger partial charge < -0.3 is 26.2 Å². The molecule has 0 bridgehead atoms. The van der Waals surface area contributed by atoms with Crippen LogP contribution in [0.4, 0.5) is 22.7 Å². The maximum atomic E-state index is 13.0. The summed E-state index contributed by atoms with van der Waals surface area (Å²) < 4.78 is 0. The molecule has 2 aliphatic rings. The maximum absolute atomic E-state index is 13.0. The second-order valence-electron chi connectivity index (χ2n) is 10.3. The number of nitrogens with zero attached hydrogens (tertiary/aromatic N) is 1. The van der Waals surface area contributed by atoms with Gasteiger partial charge in [-0.2, -0.15) is 0 Å². The minimum Gasteiger partial charge on any atom is -0.385 e. The average molecular weight is 512 g/mol. The number of rotatable bonds is 9. The number of carbonyl (C=O) groups is 2. The van der Waals surface area contributed by atoms with Crippen LogP contribution in [-0.4, -0.2) is 42.9 Å². The van der Waals surface area contributed by atoms with E-state index in [4.69, 9.17) is 0 Å². The van der Waals surface area contributed by atoms with Crippen molar-refractivity contribution in [1.29, 1.82) is 0 Å². The van der Waals surface area contributed by atoms with Crippen LogP contribution in [0.5, 0.6) is 0 Å². The van der Waals surface area contributed by atoms with E-state index in [2.05, 4.69) is 46.1 Å². The van der Waals surface area contributed by atoms with E-state index in [1.54, 1.807) is 6.07 Å². The van der Waals surface area contributed by atoms with Crippen molar-refractivity contribution in [1.82, 2.24) is 10.2 Å². The quantitative estimate of drug-likeness (QED) is 0.272. The van der Waals surface area contributed by atoms with Gasteiger partial charge in [-0.3, -0.25) is 9.59 Å². The molecule has 4 N–H and O–H groups in total. The van der Waals surface area contributed by atoms with E-state index in [-0.39, 0.29) is 11.8 Å². The van der Waals surface area contributed by atoms with Crippen LogP contribution in [0.25, 0.3) is 0 Å². The first-order chi connectivity index (χ1) is 18.5. The molecule has 38 heavy (non-hydrogen) atoms. The molecular formula is C31H37N5O2. The van der Waals surface area contributed by atoms with Crippen molar-refractivity contribution in [2.75, 3.05) is 42.1 Å². The highest BCUT2D eigenvalue weighted by atomic mass is 16.2. The van der Waals surface area contributed by atoms with Gasteiger partial charge in [0.2, 0.25) is 0 Å². The summed E-state index contributed by atoms with van der Waals surface area (Å²) in [6.07, 6.45) is 5.10. The van der Waals surface area contributed by atoms with Crippen LogP contribution < -0.4 is 21.3 Å². The molecule has 5 rings (SSSR count). The van der Waals surface area contributed by atoms with Crippen molar-refractivity contribution in [3.05, 3.63) is 82.4 Å². The predicted molar refractivity (Wildman–Crippen MR) is 155 cm³/mol. The molecule has 7 heteroatoms. The van der Waals surface area contributed by atoms with Gasteiger partial charge in [-0.15, -0.1) is 0 Å². The second-order valence-corrected chi connectivity index (χ2v) is 10.3. The van der Waals surface area contributed by atoms with Crippen LogP contribution in [0.2, 0.25) is 0 Å². The zero-order valence-electron chi connectivity index (χ0n) is 22.3. The summed E-state index contributed by atoms with van der Waals surface area (Å²) >= 11 is 0. The Labute approximate surface area is 225 Å². The van der Waals surface area contributed by atoms with Gasteiger partial charge in [0.25, 0.3) is 11.8 Å². The average Bonchev–Trinajstić information content (AvgIpc) is 3.33. The number of hydrogen-bond donors (Lipinski definition) is 4. The largest absolute Gasteiger partial charge is 0.385 e. The van der Waals surface area contributed by atoms with Crippen LogP contribution in [0.3, 0.4) is 0 Å². The third kappa shape index (κ3) is 5.83. The van der Waals surface area contributed by atoms with E-state index < -0.39 is 0 Å². The summed E-state index contributed by atoms with van der Waals surface area (Å²) in [6.45, 7) is 9.06. The van der Waals surface area contributed by atoms with Crippen molar-refractivity contribution in [3.8, 4) is 0 Å². The predicted octanol–water partition coefficient (Wildman–Crippen LogP) is 5.83. The number of aryl methyl sites for hydroxylation is 1. The van der Waals surface area contributed by atoms with Crippen LogP contribution in [-0.2, 0) is 6.54 Å². The molecule has 3 aromatic rings. The Morgan fingerprint density at radius 3 is 2.47 bits per heavy atom. The van der Waals surface area contributed by atoms with Crippen molar-refractivity contribution in [3.63, 3.8) is 0 Å². The number of benzene rings is 3. The third-order valence-corrected chi connectivity index (χ3v) is 7.66. The summed E-state index contributed by atoms with van der Waals surface area (Å²) in [5.41, 5.74) is 7.67. The monoisotopic (exact) mass is 511 g/mol. The van der Waals surface area contributed by atoms with Crippen molar-refractivity contribution in [2.24, 2.45) is 0 Å². The number of carbonyl (C=O) groups excluding carboxylic acids is 2. The Hall–Kier alpha value is -3.84. The van der Waals surface area contributed by atoms with Crippen LogP contribution in [0, 0.1) is 13.8 Å². The highest BCUT2D eigenvalue weighted by Gasteiger charge is 2.27. The van der Waals surface area contributed by atoms with Crippen molar-refractivity contribution >= 4 is 34.6 Å². The summed E-state index contributed by atoms with van der Waals surface area (Å²) in [5.74, 6) is -0.414. The Morgan fingerprint density at radius 2 is 1.68 bits per heavy atom. The minimum atomic E-state index is -0.237. The number of fused-ring (bicyclic) bond motifs is 1. The van der Waals surface area contributed by atoms with Gasteiger partial charge in [-0.05, 0) is 106 Å².